The van der Waals surface area contributed by atoms with Crippen molar-refractivity contribution in [2.75, 3.05) is 5.32 Å². The van der Waals surface area contributed by atoms with Crippen LogP contribution in [0.25, 0.3) is 33.0 Å². The Bertz CT molecular complexity index is 1040. The van der Waals surface area contributed by atoms with Crippen LogP contribution in [0.5, 0.6) is 0 Å². The Balaban J connectivity index is 1.89. The summed E-state index contributed by atoms with van der Waals surface area (Å²) in [6, 6.07) is 25.6. The molecule has 1 aliphatic rings. The fourth-order valence-corrected chi connectivity index (χ4v) is 3.38. The quantitative estimate of drug-likeness (QED) is 0.433. The summed E-state index contributed by atoms with van der Waals surface area (Å²) in [7, 11) is 0. The van der Waals surface area contributed by atoms with Crippen LogP contribution in [0.2, 0.25) is 0 Å². The lowest BCUT2D eigenvalue weighted by molar-refractivity contribution is 1.33. The standard InChI is InChI=1S/C21H14N2/c1-2-6-14(7-3-1)16-12-15-10-11-22-21-20(15)18(13-16)17-8-4-5-9-19(17)23-21/h1-13H,(H,22,23). The third-order valence-electron chi connectivity index (χ3n) is 4.44. The van der Waals surface area contributed by atoms with Crippen molar-refractivity contribution in [2.45, 2.75) is 0 Å². The summed E-state index contributed by atoms with van der Waals surface area (Å²) in [5.41, 5.74) is 6.07. The Morgan fingerprint density at radius 2 is 1.52 bits per heavy atom. The maximum atomic E-state index is 4.53. The fraction of sp³-hybridized carbons (Fsp3) is 0. The highest BCUT2D eigenvalue weighted by Crippen LogP contribution is 2.44. The predicted molar refractivity (Wildman–Crippen MR) is 95.9 cm³/mol. The van der Waals surface area contributed by atoms with Crippen LogP contribution in [0.3, 0.4) is 0 Å². The molecule has 0 saturated carbocycles. The van der Waals surface area contributed by atoms with Crippen molar-refractivity contribution < 1.29 is 0 Å². The van der Waals surface area contributed by atoms with Gasteiger partial charge < -0.3 is 5.32 Å². The number of nitrogens with zero attached hydrogens (tertiary/aromatic N) is 1. The normalized spacial score (nSPS) is 11.8. The van der Waals surface area contributed by atoms with Crippen LogP contribution in [-0.2, 0) is 0 Å². The van der Waals surface area contributed by atoms with E-state index in [-0.39, 0.29) is 0 Å². The van der Waals surface area contributed by atoms with Gasteiger partial charge in [-0.1, -0.05) is 48.5 Å². The van der Waals surface area contributed by atoms with Crippen molar-refractivity contribution in [1.29, 1.82) is 0 Å². The molecule has 0 aliphatic carbocycles. The van der Waals surface area contributed by atoms with Crippen LogP contribution in [-0.4, -0.2) is 4.98 Å². The molecule has 0 radical (unpaired) electrons. The van der Waals surface area contributed by atoms with Gasteiger partial charge in [0.05, 0.1) is 0 Å². The van der Waals surface area contributed by atoms with E-state index in [0.29, 0.717) is 0 Å². The summed E-state index contributed by atoms with van der Waals surface area (Å²) in [6.07, 6.45) is 1.87. The second kappa shape index (κ2) is 4.68. The Hall–Kier alpha value is -3.13. The molecule has 108 valence electrons. The van der Waals surface area contributed by atoms with Crippen LogP contribution in [0, 0.1) is 0 Å². The van der Waals surface area contributed by atoms with Gasteiger partial charge in [0.15, 0.2) is 0 Å². The molecule has 0 unspecified atom stereocenters. The zero-order valence-electron chi connectivity index (χ0n) is 12.5. The lowest BCUT2D eigenvalue weighted by atomic mass is 9.91. The van der Waals surface area contributed by atoms with E-state index in [1.165, 1.54) is 33.0 Å². The maximum Gasteiger partial charge on any atom is 0.138 e. The van der Waals surface area contributed by atoms with Crippen molar-refractivity contribution in [3.63, 3.8) is 0 Å². The molecule has 3 aromatic carbocycles. The fourth-order valence-electron chi connectivity index (χ4n) is 3.38. The highest BCUT2D eigenvalue weighted by molar-refractivity contribution is 6.11. The van der Waals surface area contributed by atoms with Gasteiger partial charge in [0, 0.05) is 22.8 Å². The van der Waals surface area contributed by atoms with Crippen LogP contribution in [0.1, 0.15) is 0 Å². The van der Waals surface area contributed by atoms with Gasteiger partial charge in [-0.3, -0.25) is 0 Å². The molecule has 0 spiro atoms. The maximum absolute atomic E-state index is 4.53. The third kappa shape index (κ3) is 1.85. The van der Waals surface area contributed by atoms with Gasteiger partial charge in [0.1, 0.15) is 5.82 Å². The zero-order valence-corrected chi connectivity index (χ0v) is 12.5. The smallest absolute Gasteiger partial charge is 0.138 e. The van der Waals surface area contributed by atoms with Gasteiger partial charge in [0.25, 0.3) is 0 Å². The molecule has 0 bridgehead atoms. The van der Waals surface area contributed by atoms with E-state index in [2.05, 4.69) is 83.1 Å². The van der Waals surface area contributed by atoms with E-state index in [9.17, 15) is 0 Å². The number of para-hydroxylation sites is 1. The molecule has 0 saturated heterocycles. The first-order chi connectivity index (χ1) is 11.4. The Kier molecular flexibility index (Phi) is 2.53. The molecule has 1 aromatic heterocycles. The SMILES string of the molecule is c1ccc(-c2cc3c4c(nccc4c2)Nc2ccccc2-3)cc1. The van der Waals surface area contributed by atoms with Crippen molar-refractivity contribution >= 4 is 22.3 Å². The molecule has 1 N–H and O–H groups in total. The topological polar surface area (TPSA) is 24.9 Å². The summed E-state index contributed by atoms with van der Waals surface area (Å²) in [5.74, 6) is 0.941. The number of benzene rings is 3. The molecule has 23 heavy (non-hydrogen) atoms. The molecule has 4 aromatic rings. The monoisotopic (exact) mass is 294 g/mol. The summed E-state index contributed by atoms with van der Waals surface area (Å²) in [5, 5.41) is 5.87. The van der Waals surface area contributed by atoms with Crippen molar-refractivity contribution in [2.24, 2.45) is 0 Å². The van der Waals surface area contributed by atoms with Crippen LogP contribution < -0.4 is 5.32 Å². The van der Waals surface area contributed by atoms with Crippen molar-refractivity contribution in [3.8, 4) is 22.3 Å². The van der Waals surface area contributed by atoms with E-state index < -0.39 is 0 Å². The third-order valence-corrected chi connectivity index (χ3v) is 4.44. The average Bonchev–Trinajstić information content (AvgIpc) is 2.62. The van der Waals surface area contributed by atoms with Gasteiger partial charge >= 0.3 is 0 Å². The average molecular weight is 294 g/mol. The minimum Gasteiger partial charge on any atom is -0.339 e. The Labute approximate surface area is 134 Å². The van der Waals surface area contributed by atoms with Crippen molar-refractivity contribution in [1.82, 2.24) is 4.98 Å². The van der Waals surface area contributed by atoms with E-state index in [4.69, 9.17) is 0 Å². The number of rotatable bonds is 1. The second-order valence-electron chi connectivity index (χ2n) is 5.82. The highest BCUT2D eigenvalue weighted by Gasteiger charge is 2.19. The highest BCUT2D eigenvalue weighted by atomic mass is 15.0. The summed E-state index contributed by atoms with van der Waals surface area (Å²) in [6.45, 7) is 0. The first-order valence-electron chi connectivity index (χ1n) is 7.75. The van der Waals surface area contributed by atoms with E-state index >= 15 is 0 Å². The zero-order chi connectivity index (χ0) is 15.2. The molecule has 0 fully saturated rings. The number of pyridine rings is 1. The largest absolute Gasteiger partial charge is 0.339 e. The predicted octanol–water partition coefficient (Wildman–Crippen LogP) is 5.63. The molecule has 1 aliphatic heterocycles. The van der Waals surface area contributed by atoms with Gasteiger partial charge in [-0.2, -0.15) is 0 Å². The van der Waals surface area contributed by atoms with Gasteiger partial charge in [-0.25, -0.2) is 4.98 Å². The minimum absolute atomic E-state index is 0.941. The number of aromatic nitrogens is 1. The van der Waals surface area contributed by atoms with Crippen molar-refractivity contribution in [3.05, 3.63) is 79.0 Å². The molecule has 2 heteroatoms. The van der Waals surface area contributed by atoms with E-state index in [1.54, 1.807) is 0 Å². The first-order valence-corrected chi connectivity index (χ1v) is 7.75. The van der Waals surface area contributed by atoms with E-state index in [1.807, 2.05) is 6.20 Å². The van der Waals surface area contributed by atoms with Gasteiger partial charge in [-0.05, 0) is 46.3 Å². The molecule has 2 nitrogen and oxygen atoms in total. The lowest BCUT2D eigenvalue weighted by Gasteiger charge is -2.22. The van der Waals surface area contributed by atoms with Crippen LogP contribution >= 0.6 is 0 Å². The first kappa shape index (κ1) is 12.4. The number of hydrogen-bond donors (Lipinski definition) is 1. The minimum atomic E-state index is 0.941. The summed E-state index contributed by atoms with van der Waals surface area (Å²) < 4.78 is 0. The Morgan fingerprint density at radius 3 is 2.43 bits per heavy atom. The number of hydrogen-bond acceptors (Lipinski definition) is 2. The van der Waals surface area contributed by atoms with Gasteiger partial charge in [0.2, 0.25) is 0 Å². The number of fused-ring (bicyclic) bond motifs is 2. The molecule has 0 amide bonds. The van der Waals surface area contributed by atoms with Crippen LogP contribution in [0.15, 0.2) is 79.0 Å². The molecular weight excluding hydrogens is 280 g/mol. The van der Waals surface area contributed by atoms with Gasteiger partial charge in [-0.15, -0.1) is 0 Å². The Morgan fingerprint density at radius 1 is 0.696 bits per heavy atom. The molecule has 0 atom stereocenters. The molecular formula is C21H14N2. The van der Waals surface area contributed by atoms with E-state index in [0.717, 1.165) is 11.5 Å². The number of anilines is 2. The number of nitrogens with one attached hydrogen (secondary N) is 1. The molecule has 5 rings (SSSR count). The molecule has 2 heterocycles. The summed E-state index contributed by atoms with van der Waals surface area (Å²) >= 11 is 0. The second-order valence-corrected chi connectivity index (χ2v) is 5.82. The lowest BCUT2D eigenvalue weighted by Crippen LogP contribution is -2.03. The summed E-state index contributed by atoms with van der Waals surface area (Å²) in [4.78, 5) is 4.53. The van der Waals surface area contributed by atoms with Crippen LogP contribution in [0.4, 0.5) is 11.5 Å².